The average molecular weight is 933 g/mol. The van der Waals surface area contributed by atoms with Gasteiger partial charge in [0.15, 0.2) is 0 Å². The van der Waals surface area contributed by atoms with Crippen molar-refractivity contribution in [1.82, 2.24) is 35.8 Å². The molecule has 6 rings (SSSR count). The lowest BCUT2D eigenvalue weighted by Gasteiger charge is -2.44. The van der Waals surface area contributed by atoms with Crippen molar-refractivity contribution in [2.24, 2.45) is 5.41 Å². The van der Waals surface area contributed by atoms with Gasteiger partial charge in [0.1, 0.15) is 22.7 Å². The molecular weight excluding hydrogens is 878 g/mol. The first kappa shape index (κ1) is 48.9. The molecular formula is C49H54ClN9O6S. The highest BCUT2D eigenvalue weighted by Gasteiger charge is 2.48. The molecule has 344 valence electrons. The number of hydrogen-bond acceptors (Lipinski definition) is 11. The van der Waals surface area contributed by atoms with Crippen LogP contribution in [0.15, 0.2) is 90.7 Å². The molecule has 1 fully saturated rings. The topological polar surface area (TPSA) is 208 Å². The zero-order chi connectivity index (χ0) is 47.3. The highest BCUT2D eigenvalue weighted by molar-refractivity contribution is 7.13. The lowest BCUT2D eigenvalue weighted by molar-refractivity contribution is -0.132. The summed E-state index contributed by atoms with van der Waals surface area (Å²) in [7, 11) is 0. The molecule has 2 aromatic carbocycles. The Morgan fingerprint density at radius 2 is 1.65 bits per heavy atom. The molecule has 1 aliphatic rings. The van der Waals surface area contributed by atoms with Crippen molar-refractivity contribution in [2.75, 3.05) is 30.3 Å². The van der Waals surface area contributed by atoms with E-state index < -0.39 is 29.1 Å². The van der Waals surface area contributed by atoms with Crippen LogP contribution in [0.4, 0.5) is 16.2 Å². The van der Waals surface area contributed by atoms with Gasteiger partial charge in [-0.25, -0.2) is 19.7 Å². The maximum absolute atomic E-state index is 13.5. The van der Waals surface area contributed by atoms with Crippen LogP contribution in [-0.2, 0) is 20.9 Å². The molecule has 4 heterocycles. The van der Waals surface area contributed by atoms with E-state index in [1.165, 1.54) is 18.5 Å². The summed E-state index contributed by atoms with van der Waals surface area (Å²) >= 11 is 7.47. The number of nitrogens with one attached hydrogen (secondary N) is 5. The Kier molecular flexibility index (Phi) is 16.8. The standard InChI is InChI=1S/C49H54ClN9O6S/c1-32-44(66-31-55-32)35-15-12-34(13-16-35)27-54-46(64)41-26-40(61)28-59(41)29-49(30-60,48(2,3)4)58-43(62)11-6-5-7-20-53-45(63)36-10-8-9-33(23-36)14-17-37-24-38(18-21-51-37)56-47(65)57-39-19-22-52-42(50)25-39/h8-10,12-13,15-16,18-19,21-25,30-31,40-41,61H,5-7,11,20,26-29H2,1-4H3,(H,53,63)(H,54,64)(H,58,62)(H2,51,52,56,57,65)/t40-,41+,49-/m1/s1. The smallest absolute Gasteiger partial charge is 0.323 e. The number of carbonyl (C=O) groups excluding carboxylic acids is 5. The fourth-order valence-corrected chi connectivity index (χ4v) is 8.43. The van der Waals surface area contributed by atoms with E-state index in [-0.39, 0.29) is 48.8 Å². The number of aliphatic hydroxyl groups excluding tert-OH is 1. The van der Waals surface area contributed by atoms with Crippen molar-refractivity contribution >= 4 is 64.4 Å². The number of carbonyl (C=O) groups is 5. The SMILES string of the molecule is Cc1ncsc1-c1ccc(CNC(=O)[C@@H]2C[C@@H](O)CN2C[C@](C=O)(NC(=O)CCCCCNC(=O)c2cccc(C#Cc3cc(NC(=O)Nc4ccnc(Cl)c4)ccn3)c2)C(C)(C)C)cc1. The molecule has 0 bridgehead atoms. The summed E-state index contributed by atoms with van der Waals surface area (Å²) < 4.78 is 0. The molecule has 1 aliphatic heterocycles. The number of likely N-dealkylation sites (tertiary alicyclic amines) is 1. The number of aliphatic hydroxyl groups is 1. The number of rotatable bonds is 17. The summed E-state index contributed by atoms with van der Waals surface area (Å²) in [5.74, 6) is 5.16. The monoisotopic (exact) mass is 931 g/mol. The summed E-state index contributed by atoms with van der Waals surface area (Å²) in [6.07, 6.45) is 5.17. The van der Waals surface area contributed by atoms with Gasteiger partial charge in [-0.3, -0.25) is 19.3 Å². The van der Waals surface area contributed by atoms with Gasteiger partial charge in [0, 0.05) is 67.5 Å². The van der Waals surface area contributed by atoms with E-state index in [2.05, 4.69) is 53.4 Å². The second-order valence-electron chi connectivity index (χ2n) is 17.2. The minimum Gasteiger partial charge on any atom is -0.392 e. The number of aldehydes is 1. The molecule has 6 N–H and O–H groups in total. The summed E-state index contributed by atoms with van der Waals surface area (Å²) in [5.41, 5.74) is 5.12. The number of unbranched alkanes of at least 4 members (excludes halogenated alkanes) is 2. The number of aryl methyl sites for hydroxylation is 1. The van der Waals surface area contributed by atoms with Gasteiger partial charge in [-0.05, 0) is 91.1 Å². The number of anilines is 2. The zero-order valence-electron chi connectivity index (χ0n) is 37.3. The number of thiazole rings is 1. The molecule has 3 aromatic heterocycles. The number of nitrogens with zero attached hydrogens (tertiary/aromatic N) is 4. The van der Waals surface area contributed by atoms with Crippen molar-refractivity contribution < 1.29 is 29.1 Å². The molecule has 1 saturated heterocycles. The van der Waals surface area contributed by atoms with E-state index in [1.54, 1.807) is 58.7 Å². The zero-order valence-corrected chi connectivity index (χ0v) is 38.9. The first-order valence-corrected chi connectivity index (χ1v) is 22.9. The fourth-order valence-electron chi connectivity index (χ4n) is 7.44. The largest absolute Gasteiger partial charge is 0.392 e. The molecule has 0 radical (unpaired) electrons. The van der Waals surface area contributed by atoms with Crippen molar-refractivity contribution in [1.29, 1.82) is 0 Å². The lowest BCUT2D eigenvalue weighted by atomic mass is 9.73. The summed E-state index contributed by atoms with van der Waals surface area (Å²) in [5, 5.41) is 25.3. The number of urea groups is 1. The minimum atomic E-state index is -1.34. The van der Waals surface area contributed by atoms with Crippen molar-refractivity contribution in [2.45, 2.75) is 84.0 Å². The van der Waals surface area contributed by atoms with Crippen LogP contribution >= 0.6 is 22.9 Å². The Bertz CT molecular complexity index is 2590. The van der Waals surface area contributed by atoms with E-state index in [4.69, 9.17) is 11.6 Å². The molecule has 5 aromatic rings. The van der Waals surface area contributed by atoms with Gasteiger partial charge in [0.05, 0.1) is 28.2 Å². The molecule has 0 spiro atoms. The third-order valence-corrected chi connectivity index (χ3v) is 12.5. The number of halogens is 1. The maximum atomic E-state index is 13.5. The number of benzene rings is 2. The number of hydrogen-bond donors (Lipinski definition) is 6. The number of amides is 5. The number of pyridine rings is 2. The molecule has 5 amide bonds. The van der Waals surface area contributed by atoms with Crippen molar-refractivity contribution in [3.63, 3.8) is 0 Å². The van der Waals surface area contributed by atoms with Gasteiger partial charge >= 0.3 is 6.03 Å². The maximum Gasteiger partial charge on any atom is 0.323 e. The Hall–Kier alpha value is -6.51. The predicted octanol–water partition coefficient (Wildman–Crippen LogP) is 6.75. The first-order valence-electron chi connectivity index (χ1n) is 21.6. The number of aromatic nitrogens is 3. The Balaban J connectivity index is 0.939. The highest BCUT2D eigenvalue weighted by atomic mass is 35.5. The van der Waals surface area contributed by atoms with E-state index in [0.717, 1.165) is 28.0 Å². The number of β-amino-alcohol motifs (C(OH)–C–C–N with tert-alkyl or cyclic N) is 1. The molecule has 0 aliphatic carbocycles. The summed E-state index contributed by atoms with van der Waals surface area (Å²) in [6.45, 7) is 8.50. The van der Waals surface area contributed by atoms with E-state index >= 15 is 0 Å². The van der Waals surface area contributed by atoms with Gasteiger partial charge < -0.3 is 36.5 Å². The molecule has 0 unspecified atom stereocenters. The van der Waals surface area contributed by atoms with Gasteiger partial charge in [-0.15, -0.1) is 11.3 Å². The van der Waals surface area contributed by atoms with Crippen molar-refractivity contribution in [3.05, 3.63) is 124 Å². The molecule has 17 heteroatoms. The van der Waals surface area contributed by atoms with Gasteiger partial charge in [-0.1, -0.05) is 75.0 Å². The predicted molar refractivity (Wildman–Crippen MR) is 256 cm³/mol. The molecule has 15 nitrogen and oxygen atoms in total. The Morgan fingerprint density at radius 3 is 2.35 bits per heavy atom. The Labute approximate surface area is 393 Å². The third kappa shape index (κ3) is 13.5. The van der Waals surface area contributed by atoms with E-state index in [9.17, 15) is 29.1 Å². The van der Waals surface area contributed by atoms with Gasteiger partial charge in [-0.2, -0.15) is 0 Å². The highest BCUT2D eigenvalue weighted by Crippen LogP contribution is 2.33. The van der Waals surface area contributed by atoms with Crippen LogP contribution in [0, 0.1) is 24.2 Å². The average Bonchev–Trinajstić information content (AvgIpc) is 3.89. The quantitative estimate of drug-likeness (QED) is 0.0250. The van der Waals surface area contributed by atoms with Crippen LogP contribution in [0.3, 0.4) is 0 Å². The lowest BCUT2D eigenvalue weighted by Crippen LogP contribution is -2.65. The molecule has 66 heavy (non-hydrogen) atoms. The molecule has 0 saturated carbocycles. The van der Waals surface area contributed by atoms with Crippen molar-refractivity contribution in [3.8, 4) is 22.3 Å². The first-order chi connectivity index (χ1) is 31.6. The second kappa shape index (κ2) is 22.6. The Morgan fingerprint density at radius 1 is 0.909 bits per heavy atom. The van der Waals surface area contributed by atoms with Crippen LogP contribution in [-0.4, -0.2) is 92.3 Å². The molecule has 3 atom stereocenters. The summed E-state index contributed by atoms with van der Waals surface area (Å²) in [4.78, 5) is 80.7. The normalized spacial score (nSPS) is 15.7. The van der Waals surface area contributed by atoms with Gasteiger partial charge in [0.2, 0.25) is 11.8 Å². The minimum absolute atomic E-state index is 0.0506. The van der Waals surface area contributed by atoms with E-state index in [1.807, 2.05) is 57.5 Å². The van der Waals surface area contributed by atoms with Crippen LogP contribution in [0.2, 0.25) is 5.15 Å². The fraction of sp³-hybridized carbons (Fsp3) is 0.347. The third-order valence-electron chi connectivity index (χ3n) is 11.3. The van der Waals surface area contributed by atoms with E-state index in [0.29, 0.717) is 60.5 Å². The second-order valence-corrected chi connectivity index (χ2v) is 18.4. The van der Waals surface area contributed by atoms with Gasteiger partial charge in [0.25, 0.3) is 5.91 Å². The van der Waals surface area contributed by atoms with Crippen LogP contribution < -0.4 is 26.6 Å². The van der Waals surface area contributed by atoms with Crippen LogP contribution in [0.5, 0.6) is 0 Å². The van der Waals surface area contributed by atoms with Crippen LogP contribution in [0.25, 0.3) is 10.4 Å². The summed E-state index contributed by atoms with van der Waals surface area (Å²) in [6, 6.07) is 20.1. The van der Waals surface area contributed by atoms with Crippen LogP contribution in [0.1, 0.15) is 85.7 Å².